The highest BCUT2D eigenvalue weighted by molar-refractivity contribution is 7.98. The van der Waals surface area contributed by atoms with Crippen molar-refractivity contribution < 1.29 is 14.3 Å². The van der Waals surface area contributed by atoms with Gasteiger partial charge in [-0.2, -0.15) is 0 Å². The third kappa shape index (κ3) is 3.62. The maximum Gasteiger partial charge on any atom is 0.258 e. The zero-order chi connectivity index (χ0) is 17.8. The minimum Gasteiger partial charge on any atom is -0.454 e. The number of nitrogens with zero attached hydrogens (tertiary/aromatic N) is 2. The normalized spacial score (nSPS) is 12.0. The van der Waals surface area contributed by atoms with Gasteiger partial charge in [-0.1, -0.05) is 0 Å². The van der Waals surface area contributed by atoms with Gasteiger partial charge in [0.25, 0.3) is 5.91 Å². The number of carbonyl (C=O) groups is 1. The maximum absolute atomic E-state index is 12.7. The van der Waals surface area contributed by atoms with Gasteiger partial charge < -0.3 is 14.8 Å². The highest BCUT2D eigenvalue weighted by Crippen LogP contribution is 2.34. The summed E-state index contributed by atoms with van der Waals surface area (Å²) in [6.07, 6.45) is 5.19. The molecule has 3 heterocycles. The molecular formula is C19H15N3O3S. The molecule has 0 fully saturated rings. The van der Waals surface area contributed by atoms with Gasteiger partial charge in [0, 0.05) is 36.1 Å². The van der Waals surface area contributed by atoms with Gasteiger partial charge in [-0.3, -0.25) is 9.78 Å². The molecule has 0 bridgehead atoms. The van der Waals surface area contributed by atoms with E-state index < -0.39 is 0 Å². The molecule has 1 aromatic carbocycles. The number of carbonyl (C=O) groups excluding carboxylic acids is 1. The first-order valence-corrected chi connectivity index (χ1v) is 8.96. The van der Waals surface area contributed by atoms with E-state index in [-0.39, 0.29) is 12.7 Å². The van der Waals surface area contributed by atoms with Crippen molar-refractivity contribution >= 4 is 23.4 Å². The predicted molar refractivity (Wildman–Crippen MR) is 98.6 cm³/mol. The van der Waals surface area contributed by atoms with E-state index in [0.29, 0.717) is 33.5 Å². The third-order valence-electron chi connectivity index (χ3n) is 3.77. The van der Waals surface area contributed by atoms with Crippen LogP contribution in [0, 0.1) is 0 Å². The van der Waals surface area contributed by atoms with Gasteiger partial charge in [-0.15, -0.1) is 11.8 Å². The lowest BCUT2D eigenvalue weighted by Gasteiger charge is -2.09. The van der Waals surface area contributed by atoms with Gasteiger partial charge in [0.15, 0.2) is 11.5 Å². The van der Waals surface area contributed by atoms with Crippen LogP contribution in [0.2, 0.25) is 0 Å². The molecule has 0 spiro atoms. The van der Waals surface area contributed by atoms with E-state index in [2.05, 4.69) is 15.3 Å². The smallest absolute Gasteiger partial charge is 0.258 e. The molecule has 0 radical (unpaired) electrons. The largest absolute Gasteiger partial charge is 0.454 e. The van der Waals surface area contributed by atoms with Crippen LogP contribution in [0.15, 0.2) is 66.1 Å². The van der Waals surface area contributed by atoms with E-state index in [4.69, 9.17) is 9.47 Å². The average Bonchev–Trinajstić information content (AvgIpc) is 3.15. The Morgan fingerprint density at radius 2 is 1.92 bits per heavy atom. The molecule has 0 unspecified atom stereocenters. The van der Waals surface area contributed by atoms with E-state index in [9.17, 15) is 4.79 Å². The fourth-order valence-corrected chi connectivity index (χ4v) is 3.43. The van der Waals surface area contributed by atoms with E-state index in [0.717, 1.165) is 5.56 Å². The number of hydrogen-bond acceptors (Lipinski definition) is 6. The van der Waals surface area contributed by atoms with Crippen molar-refractivity contribution in [2.45, 2.75) is 10.8 Å². The Hall–Kier alpha value is -3.06. The molecular weight excluding hydrogens is 350 g/mol. The van der Waals surface area contributed by atoms with Gasteiger partial charge in [0.2, 0.25) is 6.79 Å². The van der Waals surface area contributed by atoms with Crippen LogP contribution >= 0.6 is 11.8 Å². The number of fused-ring (bicyclic) bond motifs is 1. The highest BCUT2D eigenvalue weighted by atomic mass is 32.2. The number of aromatic nitrogens is 2. The van der Waals surface area contributed by atoms with E-state index in [1.165, 1.54) is 11.8 Å². The number of ether oxygens (including phenoxy) is 2. The Labute approximate surface area is 154 Å². The van der Waals surface area contributed by atoms with E-state index >= 15 is 0 Å². The fraction of sp³-hybridized carbons (Fsp3) is 0.105. The number of nitrogens with one attached hydrogen (secondary N) is 1. The van der Waals surface area contributed by atoms with Gasteiger partial charge in [-0.05, 0) is 42.0 Å². The fourth-order valence-electron chi connectivity index (χ4n) is 2.48. The number of hydrogen-bond donors (Lipinski definition) is 1. The molecule has 1 N–H and O–H groups in total. The molecule has 4 rings (SSSR count). The highest BCUT2D eigenvalue weighted by Gasteiger charge is 2.16. The summed E-state index contributed by atoms with van der Waals surface area (Å²) in [7, 11) is 0. The first kappa shape index (κ1) is 16.4. The molecule has 0 saturated heterocycles. The molecule has 1 amide bonds. The van der Waals surface area contributed by atoms with Gasteiger partial charge >= 0.3 is 0 Å². The molecule has 1 aliphatic rings. The summed E-state index contributed by atoms with van der Waals surface area (Å²) in [6, 6.07) is 12.7. The lowest BCUT2D eigenvalue weighted by atomic mass is 10.2. The van der Waals surface area contributed by atoms with Gasteiger partial charge in [0.05, 0.1) is 5.56 Å². The zero-order valence-electron chi connectivity index (χ0n) is 13.7. The summed E-state index contributed by atoms with van der Waals surface area (Å²) in [6.45, 7) is 0.200. The molecule has 6 nitrogen and oxygen atoms in total. The van der Waals surface area contributed by atoms with Crippen molar-refractivity contribution in [1.29, 1.82) is 0 Å². The third-order valence-corrected chi connectivity index (χ3v) is 4.85. The summed E-state index contributed by atoms with van der Waals surface area (Å²) in [4.78, 5) is 21.1. The summed E-state index contributed by atoms with van der Waals surface area (Å²) < 4.78 is 10.6. The number of pyridine rings is 2. The Balaban J connectivity index is 1.49. The van der Waals surface area contributed by atoms with Crippen LogP contribution in [0.4, 0.5) is 5.69 Å². The Morgan fingerprint density at radius 1 is 1.08 bits per heavy atom. The number of amides is 1. The lowest BCUT2D eigenvalue weighted by Crippen LogP contribution is -2.13. The van der Waals surface area contributed by atoms with Crippen LogP contribution in [0.1, 0.15) is 15.9 Å². The van der Waals surface area contributed by atoms with Crippen molar-refractivity contribution in [1.82, 2.24) is 9.97 Å². The Morgan fingerprint density at radius 3 is 2.81 bits per heavy atom. The first-order valence-electron chi connectivity index (χ1n) is 7.97. The molecule has 0 saturated carbocycles. The molecule has 1 aliphatic heterocycles. The summed E-state index contributed by atoms with van der Waals surface area (Å²) in [5, 5.41) is 3.57. The monoisotopic (exact) mass is 365 g/mol. The summed E-state index contributed by atoms with van der Waals surface area (Å²) >= 11 is 1.51. The minimum absolute atomic E-state index is 0.200. The van der Waals surface area contributed by atoms with Crippen molar-refractivity contribution in [2.75, 3.05) is 12.1 Å². The van der Waals surface area contributed by atoms with Crippen molar-refractivity contribution in [3.63, 3.8) is 0 Å². The van der Waals surface area contributed by atoms with Crippen LogP contribution in [-0.4, -0.2) is 22.7 Å². The number of rotatable bonds is 5. The molecule has 0 atom stereocenters. The number of benzene rings is 1. The Bertz CT molecular complexity index is 934. The molecule has 0 aliphatic carbocycles. The summed E-state index contributed by atoms with van der Waals surface area (Å²) in [5.41, 5.74) is 2.30. The maximum atomic E-state index is 12.7. The number of thioether (sulfide) groups is 1. The average molecular weight is 365 g/mol. The molecule has 26 heavy (non-hydrogen) atoms. The van der Waals surface area contributed by atoms with Crippen LogP contribution in [0.5, 0.6) is 11.5 Å². The molecule has 130 valence electrons. The second-order valence-electron chi connectivity index (χ2n) is 5.52. The molecule has 3 aromatic rings. The minimum atomic E-state index is -0.214. The van der Waals surface area contributed by atoms with E-state index in [1.807, 2.05) is 12.1 Å². The quantitative estimate of drug-likeness (QED) is 0.694. The van der Waals surface area contributed by atoms with Crippen molar-refractivity contribution in [2.24, 2.45) is 0 Å². The topological polar surface area (TPSA) is 73.3 Å². The standard InChI is InChI=1S/C19H15N3O3S/c23-18(22-14-3-4-16-17(10-14)25-12-24-16)15-2-1-7-21-19(15)26-11-13-5-8-20-9-6-13/h1-10H,11-12H2,(H,22,23). The summed E-state index contributed by atoms with van der Waals surface area (Å²) in [5.74, 6) is 1.80. The first-order chi connectivity index (χ1) is 12.8. The van der Waals surface area contributed by atoms with Crippen LogP contribution in [-0.2, 0) is 5.75 Å². The van der Waals surface area contributed by atoms with Crippen molar-refractivity contribution in [3.8, 4) is 11.5 Å². The second kappa shape index (κ2) is 7.45. The van der Waals surface area contributed by atoms with Crippen LogP contribution in [0.25, 0.3) is 0 Å². The molecule has 2 aromatic heterocycles. The SMILES string of the molecule is O=C(Nc1ccc2c(c1)OCO2)c1cccnc1SCc1ccncc1. The number of anilines is 1. The van der Waals surface area contributed by atoms with Gasteiger partial charge in [0.1, 0.15) is 5.03 Å². The second-order valence-corrected chi connectivity index (χ2v) is 6.49. The lowest BCUT2D eigenvalue weighted by molar-refractivity contribution is 0.102. The Kier molecular flexibility index (Phi) is 4.70. The predicted octanol–water partition coefficient (Wildman–Crippen LogP) is 3.75. The van der Waals surface area contributed by atoms with Crippen molar-refractivity contribution in [3.05, 3.63) is 72.2 Å². The van der Waals surface area contributed by atoms with E-state index in [1.54, 1.807) is 48.9 Å². The van der Waals surface area contributed by atoms with Gasteiger partial charge in [-0.25, -0.2) is 4.98 Å². The van der Waals surface area contributed by atoms with Crippen LogP contribution in [0.3, 0.4) is 0 Å². The van der Waals surface area contributed by atoms with Crippen LogP contribution < -0.4 is 14.8 Å². The zero-order valence-corrected chi connectivity index (χ0v) is 14.5. The molecule has 7 heteroatoms.